The van der Waals surface area contributed by atoms with Gasteiger partial charge in [-0.1, -0.05) is 48.5 Å². The predicted molar refractivity (Wildman–Crippen MR) is 90.3 cm³/mol. The van der Waals surface area contributed by atoms with Crippen molar-refractivity contribution in [3.63, 3.8) is 0 Å². The lowest BCUT2D eigenvalue weighted by Gasteiger charge is -2.09. The third kappa shape index (κ3) is 3.46. The van der Waals surface area contributed by atoms with E-state index in [1.54, 1.807) is 12.3 Å². The van der Waals surface area contributed by atoms with Crippen LogP contribution in [-0.4, -0.2) is 18.1 Å². The second-order valence-corrected chi connectivity index (χ2v) is 5.24. The Kier molecular flexibility index (Phi) is 4.48. The number of pyridine rings is 1. The topological polar surface area (TPSA) is 39.2 Å². The first-order chi connectivity index (χ1) is 11.3. The highest BCUT2D eigenvalue weighted by Crippen LogP contribution is 2.25. The number of rotatable bonds is 4. The number of benzene rings is 2. The highest BCUT2D eigenvalue weighted by Gasteiger charge is 2.12. The van der Waals surface area contributed by atoms with Crippen LogP contribution in [0.5, 0.6) is 0 Å². The molecule has 0 spiro atoms. The number of carbonyl (C=O) groups is 1. The SMILES string of the molecule is COC(=O)c1ccccc1-c1cccc(Cc2ccccn2)c1. The lowest BCUT2D eigenvalue weighted by molar-refractivity contribution is 0.0601. The van der Waals surface area contributed by atoms with Crippen LogP contribution in [0.25, 0.3) is 11.1 Å². The van der Waals surface area contributed by atoms with Crippen molar-refractivity contribution in [2.45, 2.75) is 6.42 Å². The molecule has 3 heteroatoms. The highest BCUT2D eigenvalue weighted by atomic mass is 16.5. The number of methoxy groups -OCH3 is 1. The van der Waals surface area contributed by atoms with Crippen molar-refractivity contribution in [3.8, 4) is 11.1 Å². The summed E-state index contributed by atoms with van der Waals surface area (Å²) in [5, 5.41) is 0. The summed E-state index contributed by atoms with van der Waals surface area (Å²) < 4.78 is 4.88. The fourth-order valence-corrected chi connectivity index (χ4v) is 2.58. The summed E-state index contributed by atoms with van der Waals surface area (Å²) in [7, 11) is 1.40. The fourth-order valence-electron chi connectivity index (χ4n) is 2.58. The van der Waals surface area contributed by atoms with Gasteiger partial charge in [0.05, 0.1) is 12.7 Å². The molecule has 0 saturated heterocycles. The van der Waals surface area contributed by atoms with Crippen LogP contribution in [0.1, 0.15) is 21.6 Å². The monoisotopic (exact) mass is 303 g/mol. The van der Waals surface area contributed by atoms with Crippen molar-refractivity contribution in [2.24, 2.45) is 0 Å². The van der Waals surface area contributed by atoms with E-state index in [-0.39, 0.29) is 5.97 Å². The lowest BCUT2D eigenvalue weighted by atomic mass is 9.97. The van der Waals surface area contributed by atoms with Gasteiger partial charge in [-0.15, -0.1) is 0 Å². The van der Waals surface area contributed by atoms with Crippen LogP contribution in [-0.2, 0) is 11.2 Å². The van der Waals surface area contributed by atoms with E-state index in [2.05, 4.69) is 17.1 Å². The van der Waals surface area contributed by atoms with Gasteiger partial charge in [0.25, 0.3) is 0 Å². The minimum atomic E-state index is -0.323. The number of nitrogens with zero attached hydrogens (tertiary/aromatic N) is 1. The smallest absolute Gasteiger partial charge is 0.338 e. The molecule has 0 N–H and O–H groups in total. The van der Waals surface area contributed by atoms with Gasteiger partial charge >= 0.3 is 5.97 Å². The average molecular weight is 303 g/mol. The zero-order valence-electron chi connectivity index (χ0n) is 12.9. The molecule has 0 amide bonds. The van der Waals surface area contributed by atoms with Crippen LogP contribution >= 0.6 is 0 Å². The highest BCUT2D eigenvalue weighted by molar-refractivity contribution is 5.97. The summed E-state index contributed by atoms with van der Waals surface area (Å²) in [6, 6.07) is 21.6. The van der Waals surface area contributed by atoms with Crippen molar-refractivity contribution in [3.05, 3.63) is 89.7 Å². The maximum atomic E-state index is 12.0. The molecule has 0 atom stereocenters. The zero-order chi connectivity index (χ0) is 16.1. The Labute approximate surface area is 135 Å². The van der Waals surface area contributed by atoms with Crippen molar-refractivity contribution in [2.75, 3.05) is 7.11 Å². The molecule has 1 aromatic heterocycles. The van der Waals surface area contributed by atoms with Gasteiger partial charge in [0.15, 0.2) is 0 Å². The average Bonchev–Trinajstić information content (AvgIpc) is 2.62. The van der Waals surface area contributed by atoms with Gasteiger partial charge in [-0.05, 0) is 34.9 Å². The number of esters is 1. The molecule has 2 aromatic carbocycles. The molecule has 23 heavy (non-hydrogen) atoms. The number of aromatic nitrogens is 1. The molecule has 114 valence electrons. The first-order valence-electron chi connectivity index (χ1n) is 7.44. The van der Waals surface area contributed by atoms with Crippen LogP contribution in [0.15, 0.2) is 72.9 Å². The molecule has 3 aromatic rings. The lowest BCUT2D eigenvalue weighted by Crippen LogP contribution is -2.03. The quantitative estimate of drug-likeness (QED) is 0.680. The van der Waals surface area contributed by atoms with Crippen LogP contribution in [0, 0.1) is 0 Å². The zero-order valence-corrected chi connectivity index (χ0v) is 12.9. The Morgan fingerprint density at radius 2 is 1.83 bits per heavy atom. The number of hydrogen-bond donors (Lipinski definition) is 0. The van der Waals surface area contributed by atoms with Crippen LogP contribution in [0.4, 0.5) is 0 Å². The molecule has 0 fully saturated rings. The summed E-state index contributed by atoms with van der Waals surface area (Å²) in [5.74, 6) is -0.323. The molecule has 0 aliphatic carbocycles. The van der Waals surface area contributed by atoms with Gasteiger partial charge < -0.3 is 4.74 Å². The third-order valence-corrected chi connectivity index (χ3v) is 3.68. The number of hydrogen-bond acceptors (Lipinski definition) is 3. The molecule has 0 bridgehead atoms. The van der Waals surface area contributed by atoms with Crippen LogP contribution < -0.4 is 0 Å². The van der Waals surface area contributed by atoms with Crippen molar-refractivity contribution < 1.29 is 9.53 Å². The standard InChI is InChI=1S/C20H17NO2/c1-23-20(22)19-11-3-2-10-18(19)16-8-6-7-15(13-16)14-17-9-4-5-12-21-17/h2-13H,14H2,1H3. The summed E-state index contributed by atoms with van der Waals surface area (Å²) in [6.07, 6.45) is 2.56. The van der Waals surface area contributed by atoms with E-state index in [4.69, 9.17) is 4.74 Å². The van der Waals surface area contributed by atoms with E-state index < -0.39 is 0 Å². The summed E-state index contributed by atoms with van der Waals surface area (Å²) in [5.41, 5.74) is 4.62. The first-order valence-corrected chi connectivity index (χ1v) is 7.44. The van der Waals surface area contributed by atoms with Crippen LogP contribution in [0.3, 0.4) is 0 Å². The van der Waals surface area contributed by atoms with Gasteiger partial charge in [0, 0.05) is 18.3 Å². The van der Waals surface area contributed by atoms with E-state index >= 15 is 0 Å². The Morgan fingerprint density at radius 3 is 2.61 bits per heavy atom. The molecule has 0 saturated carbocycles. The van der Waals surface area contributed by atoms with Gasteiger partial charge in [-0.2, -0.15) is 0 Å². The van der Waals surface area contributed by atoms with E-state index in [0.29, 0.717) is 5.56 Å². The first kappa shape index (κ1) is 15.0. The predicted octanol–water partition coefficient (Wildman–Crippen LogP) is 4.13. The van der Waals surface area contributed by atoms with Gasteiger partial charge in [-0.3, -0.25) is 4.98 Å². The molecule has 3 nitrogen and oxygen atoms in total. The van der Waals surface area contributed by atoms with Gasteiger partial charge in [0.2, 0.25) is 0 Å². The van der Waals surface area contributed by atoms with Gasteiger partial charge in [-0.25, -0.2) is 4.79 Å². The maximum Gasteiger partial charge on any atom is 0.338 e. The Hall–Kier alpha value is -2.94. The summed E-state index contributed by atoms with van der Waals surface area (Å²) in [6.45, 7) is 0. The molecule has 1 heterocycles. The molecule has 0 unspecified atom stereocenters. The van der Waals surface area contributed by atoms with Gasteiger partial charge in [0.1, 0.15) is 0 Å². The minimum Gasteiger partial charge on any atom is -0.465 e. The third-order valence-electron chi connectivity index (χ3n) is 3.68. The number of ether oxygens (including phenoxy) is 1. The number of carbonyl (C=O) groups excluding carboxylic acids is 1. The largest absolute Gasteiger partial charge is 0.465 e. The van der Waals surface area contributed by atoms with Crippen molar-refractivity contribution >= 4 is 5.97 Å². The molecule has 0 aliphatic rings. The van der Waals surface area contributed by atoms with E-state index in [1.165, 1.54) is 7.11 Å². The van der Waals surface area contributed by atoms with E-state index in [0.717, 1.165) is 28.8 Å². The molecular formula is C20H17NO2. The second-order valence-electron chi connectivity index (χ2n) is 5.24. The fraction of sp³-hybridized carbons (Fsp3) is 0.100. The minimum absolute atomic E-state index is 0.323. The normalized spacial score (nSPS) is 10.3. The van der Waals surface area contributed by atoms with Crippen molar-refractivity contribution in [1.29, 1.82) is 0 Å². The molecule has 3 rings (SSSR count). The Morgan fingerprint density at radius 1 is 1.00 bits per heavy atom. The van der Waals surface area contributed by atoms with E-state index in [9.17, 15) is 4.79 Å². The van der Waals surface area contributed by atoms with E-state index in [1.807, 2.05) is 48.5 Å². The van der Waals surface area contributed by atoms with Crippen molar-refractivity contribution in [1.82, 2.24) is 4.98 Å². The summed E-state index contributed by atoms with van der Waals surface area (Å²) in [4.78, 5) is 16.3. The molecular weight excluding hydrogens is 286 g/mol. The Bertz CT molecular complexity index is 813. The molecule has 0 radical (unpaired) electrons. The second kappa shape index (κ2) is 6.88. The Balaban J connectivity index is 1.96. The summed E-state index contributed by atoms with van der Waals surface area (Å²) >= 11 is 0. The molecule has 0 aliphatic heterocycles. The maximum absolute atomic E-state index is 12.0. The van der Waals surface area contributed by atoms with Crippen LogP contribution in [0.2, 0.25) is 0 Å².